The lowest BCUT2D eigenvalue weighted by Crippen LogP contribution is -2.31. The summed E-state index contributed by atoms with van der Waals surface area (Å²) >= 11 is 1.57. The zero-order chi connectivity index (χ0) is 15.4. The zero-order valence-corrected chi connectivity index (χ0v) is 12.5. The van der Waals surface area contributed by atoms with Gasteiger partial charge in [-0.1, -0.05) is 6.07 Å². The molecule has 0 saturated heterocycles. The van der Waals surface area contributed by atoms with Crippen molar-refractivity contribution in [3.8, 4) is 0 Å². The van der Waals surface area contributed by atoms with E-state index in [0.717, 1.165) is 5.56 Å². The molecule has 1 aromatic heterocycles. The van der Waals surface area contributed by atoms with E-state index < -0.39 is 5.97 Å². The third-order valence-corrected chi connectivity index (χ3v) is 3.82. The molecule has 0 fully saturated rings. The molecule has 0 saturated carbocycles. The fraction of sp³-hybridized carbons (Fsp3) is 0.200. The van der Waals surface area contributed by atoms with E-state index in [4.69, 9.17) is 5.11 Å². The van der Waals surface area contributed by atoms with Gasteiger partial charge in [0, 0.05) is 5.69 Å². The van der Waals surface area contributed by atoms with Gasteiger partial charge in [0.05, 0.1) is 11.6 Å². The van der Waals surface area contributed by atoms with Crippen LogP contribution in [0.4, 0.5) is 10.5 Å². The van der Waals surface area contributed by atoms with Crippen molar-refractivity contribution in [3.63, 3.8) is 0 Å². The van der Waals surface area contributed by atoms with Gasteiger partial charge < -0.3 is 15.7 Å². The van der Waals surface area contributed by atoms with Crippen LogP contribution in [0.15, 0.2) is 35.0 Å². The largest absolute Gasteiger partial charge is 0.478 e. The molecule has 0 spiro atoms. The monoisotopic (exact) mass is 304 g/mol. The fourth-order valence-electron chi connectivity index (χ4n) is 1.90. The van der Waals surface area contributed by atoms with Crippen molar-refractivity contribution in [2.75, 3.05) is 5.32 Å². The van der Waals surface area contributed by atoms with Gasteiger partial charge in [0.25, 0.3) is 0 Å². The van der Waals surface area contributed by atoms with E-state index in [-0.39, 0.29) is 17.6 Å². The van der Waals surface area contributed by atoms with E-state index in [9.17, 15) is 9.59 Å². The Hall–Kier alpha value is -2.34. The number of carboxylic acid groups (broad SMARTS) is 1. The smallest absolute Gasteiger partial charge is 0.336 e. The number of nitrogens with one attached hydrogen (secondary N) is 2. The third kappa shape index (κ3) is 3.82. The Morgan fingerprint density at radius 2 is 2.05 bits per heavy atom. The van der Waals surface area contributed by atoms with Crippen LogP contribution in [-0.4, -0.2) is 17.1 Å². The highest BCUT2D eigenvalue weighted by Gasteiger charge is 2.12. The van der Waals surface area contributed by atoms with Crippen LogP contribution >= 0.6 is 11.3 Å². The van der Waals surface area contributed by atoms with E-state index >= 15 is 0 Å². The van der Waals surface area contributed by atoms with E-state index in [0.29, 0.717) is 11.3 Å². The molecule has 110 valence electrons. The van der Waals surface area contributed by atoms with E-state index in [1.54, 1.807) is 30.4 Å². The molecular formula is C15H16N2O3S. The molecule has 0 aliphatic carbocycles. The molecule has 0 aliphatic heterocycles. The van der Waals surface area contributed by atoms with Gasteiger partial charge >= 0.3 is 12.0 Å². The lowest BCUT2D eigenvalue weighted by Gasteiger charge is -2.14. The van der Waals surface area contributed by atoms with Crippen LogP contribution in [0.5, 0.6) is 0 Å². The number of aryl methyl sites for hydroxylation is 1. The van der Waals surface area contributed by atoms with Crippen molar-refractivity contribution in [2.45, 2.75) is 19.9 Å². The number of benzene rings is 1. The van der Waals surface area contributed by atoms with Gasteiger partial charge in [-0.15, -0.1) is 0 Å². The Balaban J connectivity index is 2.03. The number of thiophene rings is 1. The summed E-state index contributed by atoms with van der Waals surface area (Å²) in [4.78, 5) is 23.0. The third-order valence-electron chi connectivity index (χ3n) is 3.12. The number of aromatic carboxylic acids is 1. The van der Waals surface area contributed by atoms with Crippen LogP contribution in [0.25, 0.3) is 0 Å². The minimum atomic E-state index is -1.01. The Labute approximate surface area is 126 Å². The minimum Gasteiger partial charge on any atom is -0.478 e. The maximum Gasteiger partial charge on any atom is 0.336 e. The van der Waals surface area contributed by atoms with Crippen LogP contribution in [0.2, 0.25) is 0 Å². The molecule has 2 rings (SSSR count). The Bertz CT molecular complexity index is 653. The summed E-state index contributed by atoms with van der Waals surface area (Å²) in [7, 11) is 0. The SMILES string of the molecule is Cc1ccc(NC(=O)NC(C)c2ccsc2)cc1C(=O)O. The Kier molecular flexibility index (Phi) is 4.59. The summed E-state index contributed by atoms with van der Waals surface area (Å²) in [6.07, 6.45) is 0. The lowest BCUT2D eigenvalue weighted by molar-refractivity contribution is 0.0696. The Morgan fingerprint density at radius 1 is 1.29 bits per heavy atom. The van der Waals surface area contributed by atoms with Gasteiger partial charge in [-0.2, -0.15) is 11.3 Å². The second-order valence-electron chi connectivity index (χ2n) is 4.71. The summed E-state index contributed by atoms with van der Waals surface area (Å²) in [6, 6.07) is 6.27. The number of amides is 2. The first-order valence-corrected chi connectivity index (χ1v) is 7.35. The molecule has 0 radical (unpaired) electrons. The standard InChI is InChI=1S/C15H16N2O3S/c1-9-3-4-12(7-13(9)14(18)19)17-15(20)16-10(2)11-5-6-21-8-11/h3-8,10H,1-2H3,(H,18,19)(H2,16,17,20). The van der Waals surface area contributed by atoms with E-state index in [1.807, 2.05) is 23.8 Å². The number of carboxylic acids is 1. The highest BCUT2D eigenvalue weighted by Crippen LogP contribution is 2.17. The van der Waals surface area contributed by atoms with Crippen molar-refractivity contribution < 1.29 is 14.7 Å². The average Bonchev–Trinajstić information content (AvgIpc) is 2.94. The van der Waals surface area contributed by atoms with Crippen molar-refractivity contribution >= 4 is 29.0 Å². The second kappa shape index (κ2) is 6.41. The van der Waals surface area contributed by atoms with E-state index in [1.165, 1.54) is 6.07 Å². The topological polar surface area (TPSA) is 78.4 Å². The molecule has 21 heavy (non-hydrogen) atoms. The summed E-state index contributed by atoms with van der Waals surface area (Å²) < 4.78 is 0. The van der Waals surface area contributed by atoms with Gasteiger partial charge in [0.2, 0.25) is 0 Å². The second-order valence-corrected chi connectivity index (χ2v) is 5.49. The molecule has 2 amide bonds. The first kappa shape index (κ1) is 15.1. The van der Waals surface area contributed by atoms with Gasteiger partial charge in [-0.25, -0.2) is 9.59 Å². The number of anilines is 1. The van der Waals surface area contributed by atoms with Crippen molar-refractivity contribution in [1.29, 1.82) is 0 Å². The highest BCUT2D eigenvalue weighted by molar-refractivity contribution is 7.07. The maximum absolute atomic E-state index is 11.9. The summed E-state index contributed by atoms with van der Waals surface area (Å²) in [5.41, 5.74) is 2.32. The number of hydrogen-bond acceptors (Lipinski definition) is 3. The lowest BCUT2D eigenvalue weighted by atomic mass is 10.1. The molecule has 0 bridgehead atoms. The van der Waals surface area contributed by atoms with Crippen LogP contribution in [0.1, 0.15) is 34.5 Å². The highest BCUT2D eigenvalue weighted by atomic mass is 32.1. The predicted octanol–water partition coefficient (Wildman–Crippen LogP) is 3.64. The van der Waals surface area contributed by atoms with Crippen LogP contribution in [-0.2, 0) is 0 Å². The first-order valence-electron chi connectivity index (χ1n) is 6.41. The van der Waals surface area contributed by atoms with Crippen LogP contribution < -0.4 is 10.6 Å². The van der Waals surface area contributed by atoms with Crippen LogP contribution in [0, 0.1) is 6.92 Å². The fourth-order valence-corrected chi connectivity index (χ4v) is 2.65. The van der Waals surface area contributed by atoms with Crippen molar-refractivity contribution in [2.24, 2.45) is 0 Å². The number of carbonyl (C=O) groups is 2. The maximum atomic E-state index is 11.9. The quantitative estimate of drug-likeness (QED) is 0.807. The molecule has 1 unspecified atom stereocenters. The molecule has 1 atom stereocenters. The van der Waals surface area contributed by atoms with Gasteiger partial charge in [0.1, 0.15) is 0 Å². The van der Waals surface area contributed by atoms with Crippen molar-refractivity contribution in [1.82, 2.24) is 5.32 Å². The number of urea groups is 1. The summed E-state index contributed by atoms with van der Waals surface area (Å²) in [6.45, 7) is 3.60. The molecule has 1 aromatic carbocycles. The normalized spacial score (nSPS) is 11.7. The van der Waals surface area contributed by atoms with Gasteiger partial charge in [-0.05, 0) is 53.9 Å². The van der Waals surface area contributed by atoms with Crippen LogP contribution in [0.3, 0.4) is 0 Å². The average molecular weight is 304 g/mol. The van der Waals surface area contributed by atoms with E-state index in [2.05, 4.69) is 10.6 Å². The number of rotatable bonds is 4. The molecular weight excluding hydrogens is 288 g/mol. The summed E-state index contributed by atoms with van der Waals surface area (Å²) in [5, 5.41) is 18.4. The molecule has 6 heteroatoms. The van der Waals surface area contributed by atoms with Gasteiger partial charge in [-0.3, -0.25) is 0 Å². The molecule has 2 aromatic rings. The predicted molar refractivity (Wildman–Crippen MR) is 83.0 cm³/mol. The molecule has 5 nitrogen and oxygen atoms in total. The summed E-state index contributed by atoms with van der Waals surface area (Å²) in [5.74, 6) is -1.01. The Morgan fingerprint density at radius 3 is 2.67 bits per heavy atom. The molecule has 1 heterocycles. The number of hydrogen-bond donors (Lipinski definition) is 3. The zero-order valence-electron chi connectivity index (χ0n) is 11.7. The van der Waals surface area contributed by atoms with Crippen molar-refractivity contribution in [3.05, 3.63) is 51.7 Å². The number of carbonyl (C=O) groups excluding carboxylic acids is 1. The first-order chi connectivity index (χ1) is 9.97. The van der Waals surface area contributed by atoms with Gasteiger partial charge in [0.15, 0.2) is 0 Å². The minimum absolute atomic E-state index is 0.111. The molecule has 3 N–H and O–H groups in total. The molecule has 0 aliphatic rings.